The molecule has 1 unspecified atom stereocenters. The number of nitrogens with zero attached hydrogens (tertiary/aromatic N) is 1. The summed E-state index contributed by atoms with van der Waals surface area (Å²) < 4.78 is 6.04. The number of anilines is 1. The summed E-state index contributed by atoms with van der Waals surface area (Å²) in [6, 6.07) is 8.30. The van der Waals surface area contributed by atoms with Crippen molar-refractivity contribution in [3.63, 3.8) is 0 Å². The molecule has 5 heteroatoms. The molecule has 0 radical (unpaired) electrons. The fourth-order valence-corrected chi connectivity index (χ4v) is 4.00. The van der Waals surface area contributed by atoms with Crippen LogP contribution in [0.3, 0.4) is 0 Å². The Bertz CT molecular complexity index is 918. The maximum absolute atomic E-state index is 13.0. The van der Waals surface area contributed by atoms with Gasteiger partial charge in [0.15, 0.2) is 23.5 Å². The Hall–Kier alpha value is -2.82. The van der Waals surface area contributed by atoms with Gasteiger partial charge in [-0.15, -0.1) is 0 Å². The van der Waals surface area contributed by atoms with E-state index in [0.717, 1.165) is 31.5 Å². The van der Waals surface area contributed by atoms with E-state index in [4.69, 9.17) is 4.74 Å². The molecule has 24 heavy (non-hydrogen) atoms. The molecule has 2 aromatic rings. The SMILES string of the molecule is O=C1c2ccccc2C(=O)c2c3c(cc(O)c21)N1CCCCC1O3. The van der Waals surface area contributed by atoms with Gasteiger partial charge in [-0.2, -0.15) is 0 Å². The van der Waals surface area contributed by atoms with E-state index in [1.807, 2.05) is 0 Å². The first-order chi connectivity index (χ1) is 11.7. The summed E-state index contributed by atoms with van der Waals surface area (Å²) in [5, 5.41) is 10.5. The molecule has 2 aliphatic heterocycles. The van der Waals surface area contributed by atoms with Crippen molar-refractivity contribution in [2.75, 3.05) is 11.4 Å². The van der Waals surface area contributed by atoms with Gasteiger partial charge in [0.1, 0.15) is 5.75 Å². The number of rotatable bonds is 0. The number of benzene rings is 2. The van der Waals surface area contributed by atoms with Crippen LogP contribution in [0.5, 0.6) is 11.5 Å². The smallest absolute Gasteiger partial charge is 0.198 e. The van der Waals surface area contributed by atoms with Gasteiger partial charge >= 0.3 is 0 Å². The average molecular weight is 321 g/mol. The maximum atomic E-state index is 13.0. The highest BCUT2D eigenvalue weighted by molar-refractivity contribution is 6.30. The van der Waals surface area contributed by atoms with E-state index in [0.29, 0.717) is 16.9 Å². The Morgan fingerprint density at radius 2 is 1.75 bits per heavy atom. The number of ketones is 2. The van der Waals surface area contributed by atoms with Crippen molar-refractivity contribution in [1.29, 1.82) is 0 Å². The zero-order valence-electron chi connectivity index (χ0n) is 12.9. The third-order valence-corrected chi connectivity index (χ3v) is 5.12. The molecule has 5 nitrogen and oxygen atoms in total. The molecule has 2 aromatic carbocycles. The molecule has 120 valence electrons. The molecule has 1 N–H and O–H groups in total. The van der Waals surface area contributed by atoms with E-state index in [9.17, 15) is 14.7 Å². The lowest BCUT2D eigenvalue weighted by Crippen LogP contribution is -2.38. The van der Waals surface area contributed by atoms with Crippen molar-refractivity contribution in [2.45, 2.75) is 25.5 Å². The van der Waals surface area contributed by atoms with E-state index >= 15 is 0 Å². The van der Waals surface area contributed by atoms with Crippen molar-refractivity contribution in [3.05, 3.63) is 52.6 Å². The highest BCUT2D eigenvalue weighted by atomic mass is 16.5. The van der Waals surface area contributed by atoms with Crippen LogP contribution in [0.2, 0.25) is 0 Å². The molecular weight excluding hydrogens is 306 g/mol. The maximum Gasteiger partial charge on any atom is 0.198 e. The number of hydrogen-bond donors (Lipinski definition) is 1. The number of phenols is 1. The van der Waals surface area contributed by atoms with Gasteiger partial charge in [0.2, 0.25) is 0 Å². The number of ether oxygens (including phenoxy) is 1. The third-order valence-electron chi connectivity index (χ3n) is 5.12. The van der Waals surface area contributed by atoms with Crippen LogP contribution in [0, 0.1) is 0 Å². The van der Waals surface area contributed by atoms with Crippen molar-refractivity contribution < 1.29 is 19.4 Å². The average Bonchev–Trinajstić information content (AvgIpc) is 2.97. The fourth-order valence-electron chi connectivity index (χ4n) is 4.00. The monoisotopic (exact) mass is 321 g/mol. The Morgan fingerprint density at radius 1 is 1.04 bits per heavy atom. The zero-order chi connectivity index (χ0) is 16.4. The molecule has 0 bridgehead atoms. The highest BCUT2D eigenvalue weighted by Gasteiger charge is 2.42. The third kappa shape index (κ3) is 1.59. The number of phenolic OH excluding ortho intramolecular Hbond substituents is 1. The summed E-state index contributed by atoms with van der Waals surface area (Å²) in [7, 11) is 0. The van der Waals surface area contributed by atoms with Gasteiger partial charge in [0, 0.05) is 30.2 Å². The van der Waals surface area contributed by atoms with E-state index in [-0.39, 0.29) is 34.7 Å². The lowest BCUT2D eigenvalue weighted by atomic mass is 9.82. The summed E-state index contributed by atoms with van der Waals surface area (Å²) in [5.41, 5.74) is 1.70. The van der Waals surface area contributed by atoms with E-state index in [2.05, 4.69) is 4.90 Å². The van der Waals surface area contributed by atoms with Gasteiger partial charge in [-0.05, 0) is 12.8 Å². The number of hydrogen-bond acceptors (Lipinski definition) is 5. The lowest BCUT2D eigenvalue weighted by molar-refractivity contribution is 0.0971. The highest BCUT2D eigenvalue weighted by Crippen LogP contribution is 2.49. The number of aromatic hydroxyl groups is 1. The molecule has 0 amide bonds. The molecule has 0 aromatic heterocycles. The Morgan fingerprint density at radius 3 is 2.50 bits per heavy atom. The number of fused-ring (bicyclic) bond motifs is 6. The second-order valence-electron chi connectivity index (χ2n) is 6.46. The van der Waals surface area contributed by atoms with E-state index < -0.39 is 0 Å². The van der Waals surface area contributed by atoms with Crippen LogP contribution >= 0.6 is 0 Å². The van der Waals surface area contributed by atoms with E-state index in [1.54, 1.807) is 30.3 Å². The fraction of sp³-hybridized carbons (Fsp3) is 0.263. The van der Waals surface area contributed by atoms with Crippen LogP contribution in [-0.4, -0.2) is 29.4 Å². The molecule has 0 spiro atoms. The molecule has 0 saturated carbocycles. The quantitative estimate of drug-likeness (QED) is 0.689. The normalized spacial score (nSPS) is 20.8. The largest absolute Gasteiger partial charge is 0.507 e. The summed E-state index contributed by atoms with van der Waals surface area (Å²) >= 11 is 0. The minimum atomic E-state index is -0.325. The van der Waals surface area contributed by atoms with E-state index in [1.165, 1.54) is 0 Å². The summed E-state index contributed by atoms with van der Waals surface area (Å²) in [6.45, 7) is 0.828. The Kier molecular flexibility index (Phi) is 2.61. The van der Waals surface area contributed by atoms with Crippen LogP contribution in [0.1, 0.15) is 51.1 Å². The standard InChI is InChI=1S/C19H15NO4/c21-13-9-12-19(24-14-7-3-4-8-20(12)14)16-15(13)17(22)10-5-1-2-6-11(10)18(16)23/h1-2,5-6,9,14,21H,3-4,7-8H2. The van der Waals surface area contributed by atoms with Gasteiger partial charge < -0.3 is 14.7 Å². The second kappa shape index (κ2) is 4.60. The van der Waals surface area contributed by atoms with Crippen LogP contribution in [0.25, 0.3) is 0 Å². The van der Waals surface area contributed by atoms with Crippen molar-refractivity contribution in [1.82, 2.24) is 0 Å². The van der Waals surface area contributed by atoms with Gasteiger partial charge in [-0.25, -0.2) is 0 Å². The molecule has 3 aliphatic rings. The van der Waals surface area contributed by atoms with Crippen molar-refractivity contribution in [3.8, 4) is 11.5 Å². The molecule has 2 heterocycles. The van der Waals surface area contributed by atoms with Gasteiger partial charge in [-0.1, -0.05) is 24.3 Å². The molecule has 1 fully saturated rings. The topological polar surface area (TPSA) is 66.8 Å². The van der Waals surface area contributed by atoms with Crippen molar-refractivity contribution in [2.24, 2.45) is 0 Å². The first kappa shape index (κ1) is 13.6. The van der Waals surface area contributed by atoms with Crippen LogP contribution in [0.15, 0.2) is 30.3 Å². The molecule has 1 saturated heterocycles. The predicted molar refractivity (Wildman–Crippen MR) is 87.0 cm³/mol. The first-order valence-corrected chi connectivity index (χ1v) is 8.18. The molecule has 1 aliphatic carbocycles. The first-order valence-electron chi connectivity index (χ1n) is 8.18. The lowest BCUT2D eigenvalue weighted by Gasteiger charge is -2.29. The number of carbonyl (C=O) groups is 2. The minimum absolute atomic E-state index is 0.0669. The Balaban J connectivity index is 1.78. The number of carbonyl (C=O) groups excluding carboxylic acids is 2. The summed E-state index contributed by atoms with van der Waals surface area (Å²) in [4.78, 5) is 27.9. The minimum Gasteiger partial charge on any atom is -0.507 e. The molecular formula is C19H15NO4. The van der Waals surface area contributed by atoms with Gasteiger partial charge in [-0.3, -0.25) is 9.59 Å². The van der Waals surface area contributed by atoms with Gasteiger partial charge in [0.05, 0.1) is 16.8 Å². The Labute approximate surface area is 138 Å². The summed E-state index contributed by atoms with van der Waals surface area (Å²) in [6.07, 6.45) is 2.88. The molecule has 1 atom stereocenters. The van der Waals surface area contributed by atoms with Crippen LogP contribution in [0.4, 0.5) is 5.69 Å². The molecule has 5 rings (SSSR count). The predicted octanol–water partition coefficient (Wildman–Crippen LogP) is 2.88. The second-order valence-corrected chi connectivity index (χ2v) is 6.46. The van der Waals surface area contributed by atoms with Crippen LogP contribution in [-0.2, 0) is 0 Å². The van der Waals surface area contributed by atoms with Crippen LogP contribution < -0.4 is 9.64 Å². The summed E-state index contributed by atoms with van der Waals surface area (Å²) in [5.74, 6) is -0.282. The van der Waals surface area contributed by atoms with Crippen molar-refractivity contribution >= 4 is 17.3 Å². The zero-order valence-corrected chi connectivity index (χ0v) is 12.9. The van der Waals surface area contributed by atoms with Gasteiger partial charge in [0.25, 0.3) is 0 Å². The number of piperidine rings is 1.